The molecule has 2 N–H and O–H groups in total. The van der Waals surface area contributed by atoms with Crippen LogP contribution in [0.2, 0.25) is 0 Å². The van der Waals surface area contributed by atoms with E-state index in [9.17, 15) is 13.2 Å². The topological polar surface area (TPSA) is 95.1 Å². The van der Waals surface area contributed by atoms with Crippen molar-refractivity contribution in [1.29, 1.82) is 0 Å². The van der Waals surface area contributed by atoms with Gasteiger partial charge in [-0.15, -0.1) is 0 Å². The minimum Gasteiger partial charge on any atom is -0.344 e. The molecule has 0 fully saturated rings. The Kier molecular flexibility index (Phi) is 4.76. The summed E-state index contributed by atoms with van der Waals surface area (Å²) in [6.07, 6.45) is 1.72. The van der Waals surface area contributed by atoms with Crippen LogP contribution in [-0.2, 0) is 23.5 Å². The van der Waals surface area contributed by atoms with Gasteiger partial charge in [0.05, 0.1) is 5.69 Å². The van der Waals surface area contributed by atoms with Crippen LogP contribution in [0.5, 0.6) is 0 Å². The highest BCUT2D eigenvalue weighted by Crippen LogP contribution is 2.20. The first kappa shape index (κ1) is 18.0. The van der Waals surface area contributed by atoms with Gasteiger partial charge in [0.25, 0.3) is 0 Å². The third kappa shape index (κ3) is 3.58. The molecule has 3 rings (SSSR count). The summed E-state index contributed by atoms with van der Waals surface area (Å²) in [4.78, 5) is 16.9. The van der Waals surface area contributed by atoms with E-state index in [1.165, 1.54) is 12.3 Å². The number of aryl methyl sites for hydroxylation is 1. The van der Waals surface area contributed by atoms with Crippen LogP contribution in [0.3, 0.4) is 0 Å². The average molecular weight is 369 g/mol. The van der Waals surface area contributed by atoms with E-state index in [1.54, 1.807) is 18.2 Å². The van der Waals surface area contributed by atoms with Gasteiger partial charge in [0, 0.05) is 36.6 Å². The second-order valence-electron chi connectivity index (χ2n) is 6.13. The third-order valence-corrected chi connectivity index (χ3v) is 5.16. The predicted molar refractivity (Wildman–Crippen MR) is 98.4 cm³/mol. The minimum atomic E-state index is -3.76. The molecular formula is C19H19N3O3S. The summed E-state index contributed by atoms with van der Waals surface area (Å²) in [6.45, 7) is 1.90. The van der Waals surface area contributed by atoms with Gasteiger partial charge in [-0.3, -0.25) is 9.78 Å². The van der Waals surface area contributed by atoms with Crippen molar-refractivity contribution < 1.29 is 13.2 Å². The number of primary sulfonamides is 1. The average Bonchev–Trinajstić information content (AvgIpc) is 2.88. The molecule has 2 aromatic heterocycles. The number of carbonyl (C=O) groups excluding carboxylic acids is 1. The van der Waals surface area contributed by atoms with Crippen LogP contribution in [0.1, 0.15) is 33.0 Å². The molecule has 0 radical (unpaired) electrons. The minimum absolute atomic E-state index is 0.0238. The molecule has 0 bridgehead atoms. The van der Waals surface area contributed by atoms with E-state index in [-0.39, 0.29) is 10.7 Å². The Morgan fingerprint density at radius 1 is 1.15 bits per heavy atom. The Morgan fingerprint density at radius 3 is 2.42 bits per heavy atom. The smallest absolute Gasteiger partial charge is 0.239 e. The van der Waals surface area contributed by atoms with E-state index in [4.69, 9.17) is 5.14 Å². The Balaban J connectivity index is 1.90. The molecule has 0 unspecified atom stereocenters. The lowest BCUT2D eigenvalue weighted by atomic mass is 10.1. The van der Waals surface area contributed by atoms with Gasteiger partial charge >= 0.3 is 0 Å². The quantitative estimate of drug-likeness (QED) is 0.698. The van der Waals surface area contributed by atoms with Crippen LogP contribution < -0.4 is 5.14 Å². The maximum absolute atomic E-state index is 12.8. The second kappa shape index (κ2) is 6.86. The molecule has 7 heteroatoms. The number of carbonyl (C=O) groups is 1. The Labute approximate surface area is 152 Å². The summed E-state index contributed by atoms with van der Waals surface area (Å²) in [7, 11) is -1.91. The van der Waals surface area contributed by atoms with Crippen molar-refractivity contribution in [3.8, 4) is 0 Å². The summed E-state index contributed by atoms with van der Waals surface area (Å²) in [5.74, 6) is -0.0330. The number of nitrogens with zero attached hydrogens (tertiary/aromatic N) is 2. The van der Waals surface area contributed by atoms with Gasteiger partial charge in [0.1, 0.15) is 4.90 Å². The van der Waals surface area contributed by atoms with Crippen LogP contribution in [0.15, 0.2) is 59.6 Å². The van der Waals surface area contributed by atoms with E-state index in [0.29, 0.717) is 23.4 Å². The molecule has 0 atom stereocenters. The lowest BCUT2D eigenvalue weighted by Crippen LogP contribution is -2.13. The van der Waals surface area contributed by atoms with Crippen molar-refractivity contribution in [2.75, 3.05) is 0 Å². The molecule has 0 aliphatic heterocycles. The van der Waals surface area contributed by atoms with E-state index in [1.807, 2.05) is 42.8 Å². The molecular weight excluding hydrogens is 350 g/mol. The lowest BCUT2D eigenvalue weighted by molar-refractivity contribution is 0.103. The molecule has 0 aliphatic rings. The molecule has 26 heavy (non-hydrogen) atoms. The number of sulfonamides is 1. The number of pyridine rings is 1. The first-order chi connectivity index (χ1) is 12.3. The van der Waals surface area contributed by atoms with E-state index in [0.717, 1.165) is 11.3 Å². The van der Waals surface area contributed by atoms with Gasteiger partial charge < -0.3 is 4.57 Å². The van der Waals surface area contributed by atoms with Crippen LogP contribution >= 0.6 is 0 Å². The molecule has 0 spiro atoms. The van der Waals surface area contributed by atoms with Crippen LogP contribution in [0.4, 0.5) is 0 Å². The largest absolute Gasteiger partial charge is 0.344 e. The number of nitrogens with two attached hydrogens (primary N) is 1. The molecule has 6 nitrogen and oxygen atoms in total. The summed E-state index contributed by atoms with van der Waals surface area (Å²) in [5, 5.41) is 5.09. The number of aromatic nitrogens is 2. The van der Waals surface area contributed by atoms with Crippen molar-refractivity contribution in [3.05, 3.63) is 82.9 Å². The fourth-order valence-corrected chi connectivity index (χ4v) is 3.38. The number of benzene rings is 1. The summed E-state index contributed by atoms with van der Waals surface area (Å²) < 4.78 is 24.5. The molecule has 1 aromatic carbocycles. The van der Waals surface area contributed by atoms with E-state index >= 15 is 0 Å². The van der Waals surface area contributed by atoms with Gasteiger partial charge in [-0.2, -0.15) is 0 Å². The SMILES string of the molecule is Cc1cc(Cc2ccc(S(N)(=O)=O)cn2)n(C)c1C(=O)c1ccccc1. The van der Waals surface area contributed by atoms with Crippen molar-refractivity contribution >= 4 is 15.8 Å². The Bertz CT molecular complexity index is 1050. The highest BCUT2D eigenvalue weighted by Gasteiger charge is 2.18. The van der Waals surface area contributed by atoms with Gasteiger partial charge in [-0.25, -0.2) is 13.6 Å². The van der Waals surface area contributed by atoms with Gasteiger partial charge in [0.2, 0.25) is 15.8 Å². The first-order valence-electron chi connectivity index (χ1n) is 8.00. The summed E-state index contributed by atoms with van der Waals surface area (Å²) >= 11 is 0. The first-order valence-corrected chi connectivity index (χ1v) is 9.54. The van der Waals surface area contributed by atoms with E-state index in [2.05, 4.69) is 4.98 Å². The number of hydrogen-bond donors (Lipinski definition) is 1. The van der Waals surface area contributed by atoms with E-state index < -0.39 is 10.0 Å². The van der Waals surface area contributed by atoms with Gasteiger partial charge in [0.15, 0.2) is 0 Å². The third-order valence-electron chi connectivity index (χ3n) is 4.26. The molecule has 0 saturated carbocycles. The monoisotopic (exact) mass is 369 g/mol. The van der Waals surface area contributed by atoms with Gasteiger partial charge in [-0.05, 0) is 30.7 Å². The normalized spacial score (nSPS) is 11.5. The zero-order chi connectivity index (χ0) is 18.9. The molecule has 0 aliphatic carbocycles. The highest BCUT2D eigenvalue weighted by molar-refractivity contribution is 7.89. The van der Waals surface area contributed by atoms with Crippen LogP contribution in [0, 0.1) is 6.92 Å². The van der Waals surface area contributed by atoms with Crippen molar-refractivity contribution in [1.82, 2.24) is 9.55 Å². The standard InChI is InChI=1S/C19H19N3O3S/c1-13-10-16(11-15-8-9-17(12-21-15)26(20,24)25)22(2)18(13)19(23)14-6-4-3-5-7-14/h3-10,12H,11H2,1-2H3,(H2,20,24,25). The summed E-state index contributed by atoms with van der Waals surface area (Å²) in [6, 6.07) is 14.1. The second-order valence-corrected chi connectivity index (χ2v) is 7.69. The fraction of sp³-hybridized carbons (Fsp3) is 0.158. The van der Waals surface area contributed by atoms with Crippen LogP contribution in [-0.4, -0.2) is 23.8 Å². The number of ketones is 1. The predicted octanol–water partition coefficient (Wildman–Crippen LogP) is 2.20. The zero-order valence-corrected chi connectivity index (χ0v) is 15.3. The number of hydrogen-bond acceptors (Lipinski definition) is 4. The lowest BCUT2D eigenvalue weighted by Gasteiger charge is -2.08. The van der Waals surface area contributed by atoms with Crippen molar-refractivity contribution in [3.63, 3.8) is 0 Å². The summed E-state index contributed by atoms with van der Waals surface area (Å²) in [5.41, 5.74) is 3.76. The maximum atomic E-state index is 12.8. The fourth-order valence-electron chi connectivity index (χ4n) is 2.92. The molecule has 0 amide bonds. The zero-order valence-electron chi connectivity index (χ0n) is 14.5. The maximum Gasteiger partial charge on any atom is 0.239 e. The highest BCUT2D eigenvalue weighted by atomic mass is 32.2. The van der Waals surface area contributed by atoms with Gasteiger partial charge in [-0.1, -0.05) is 30.3 Å². The van der Waals surface area contributed by atoms with Crippen molar-refractivity contribution in [2.45, 2.75) is 18.2 Å². The molecule has 134 valence electrons. The van der Waals surface area contributed by atoms with Crippen LogP contribution in [0.25, 0.3) is 0 Å². The Hall–Kier alpha value is -2.77. The molecule has 2 heterocycles. The number of rotatable bonds is 5. The molecule has 0 saturated heterocycles. The Morgan fingerprint density at radius 2 is 1.85 bits per heavy atom. The molecule has 3 aromatic rings. The van der Waals surface area contributed by atoms with Crippen molar-refractivity contribution in [2.24, 2.45) is 12.2 Å².